The van der Waals surface area contributed by atoms with Crippen LogP contribution < -0.4 is 4.90 Å². The lowest BCUT2D eigenvalue weighted by atomic mass is 10.2. The molecule has 19 heavy (non-hydrogen) atoms. The fourth-order valence-electron chi connectivity index (χ4n) is 2.49. The van der Waals surface area contributed by atoms with Gasteiger partial charge in [-0.1, -0.05) is 24.9 Å². The number of nitrogens with zero attached hydrogens (tertiary/aromatic N) is 3. The van der Waals surface area contributed by atoms with Crippen LogP contribution in [0.15, 0.2) is 6.33 Å². The molecule has 0 N–H and O–H groups in total. The summed E-state index contributed by atoms with van der Waals surface area (Å²) in [6, 6.07) is 0. The molecule has 1 fully saturated rings. The molecule has 106 valence electrons. The first-order valence-corrected chi connectivity index (χ1v) is 6.89. The van der Waals surface area contributed by atoms with Crippen molar-refractivity contribution in [3.05, 3.63) is 17.0 Å². The fourth-order valence-corrected chi connectivity index (χ4v) is 2.71. The molecule has 0 saturated carbocycles. The van der Waals surface area contributed by atoms with Gasteiger partial charge in [-0.25, -0.2) is 9.97 Å². The third-order valence-electron chi connectivity index (χ3n) is 3.49. The highest BCUT2D eigenvalue weighted by Crippen LogP contribution is 2.28. The van der Waals surface area contributed by atoms with E-state index in [1.165, 1.54) is 6.33 Å². The largest absolute Gasteiger partial charge is 0.377 e. The third kappa shape index (κ3) is 2.99. The van der Waals surface area contributed by atoms with Crippen LogP contribution in [-0.4, -0.2) is 49.5 Å². The number of hydrogen-bond acceptors (Lipinski definition) is 5. The third-order valence-corrected chi connectivity index (χ3v) is 3.82. The van der Waals surface area contributed by atoms with E-state index >= 15 is 0 Å². The Morgan fingerprint density at radius 1 is 1.26 bits per heavy atom. The number of aromatic nitrogens is 2. The molecule has 0 bridgehead atoms. The second-order valence-corrected chi connectivity index (χ2v) is 5.03. The second kappa shape index (κ2) is 6.50. The van der Waals surface area contributed by atoms with Crippen molar-refractivity contribution in [2.75, 3.05) is 32.2 Å². The summed E-state index contributed by atoms with van der Waals surface area (Å²) in [5.74, 6) is 0.906. The van der Waals surface area contributed by atoms with Crippen molar-refractivity contribution < 1.29 is 9.47 Å². The van der Waals surface area contributed by atoms with Crippen LogP contribution in [0, 0.1) is 0 Å². The highest BCUT2D eigenvalue weighted by molar-refractivity contribution is 6.30. The molecule has 1 aliphatic heterocycles. The summed E-state index contributed by atoms with van der Waals surface area (Å²) in [4.78, 5) is 10.6. The number of ether oxygens (including phenoxy) is 2. The number of rotatable bonds is 5. The van der Waals surface area contributed by atoms with Gasteiger partial charge in [0.2, 0.25) is 0 Å². The number of methoxy groups -OCH3 is 2. The van der Waals surface area contributed by atoms with Gasteiger partial charge in [0.25, 0.3) is 0 Å². The summed E-state index contributed by atoms with van der Waals surface area (Å²) < 4.78 is 10.9. The predicted molar refractivity (Wildman–Crippen MR) is 74.8 cm³/mol. The van der Waals surface area contributed by atoms with Gasteiger partial charge >= 0.3 is 0 Å². The average Bonchev–Trinajstić information content (AvgIpc) is 2.84. The predicted octanol–water partition coefficient (Wildman–Crippen LogP) is 1.93. The Labute approximate surface area is 118 Å². The van der Waals surface area contributed by atoms with Crippen molar-refractivity contribution >= 4 is 17.4 Å². The van der Waals surface area contributed by atoms with Crippen LogP contribution in [0.5, 0.6) is 0 Å². The smallest absolute Gasteiger partial charge is 0.137 e. The maximum Gasteiger partial charge on any atom is 0.137 e. The molecule has 2 heterocycles. The van der Waals surface area contributed by atoms with Crippen LogP contribution in [-0.2, 0) is 15.9 Å². The van der Waals surface area contributed by atoms with Gasteiger partial charge in [-0.3, -0.25) is 0 Å². The molecular weight excluding hydrogens is 266 g/mol. The summed E-state index contributed by atoms with van der Waals surface area (Å²) in [7, 11) is 3.42. The molecule has 1 saturated heterocycles. The lowest BCUT2D eigenvalue weighted by molar-refractivity contribution is -0.00461. The van der Waals surface area contributed by atoms with Crippen LogP contribution in [0.4, 0.5) is 5.82 Å². The van der Waals surface area contributed by atoms with Crippen molar-refractivity contribution in [2.24, 2.45) is 0 Å². The van der Waals surface area contributed by atoms with Gasteiger partial charge in [-0.15, -0.1) is 0 Å². The average molecular weight is 286 g/mol. The molecule has 0 spiro atoms. The monoisotopic (exact) mass is 285 g/mol. The molecule has 0 amide bonds. The molecule has 2 rings (SSSR count). The van der Waals surface area contributed by atoms with E-state index in [0.717, 1.165) is 37.3 Å². The van der Waals surface area contributed by atoms with Crippen molar-refractivity contribution in [3.8, 4) is 0 Å². The maximum absolute atomic E-state index is 6.19. The van der Waals surface area contributed by atoms with Crippen LogP contribution in [0.3, 0.4) is 0 Å². The normalized spacial score (nSPS) is 23.1. The fraction of sp³-hybridized carbons (Fsp3) is 0.692. The molecular formula is C13H20ClN3O2. The van der Waals surface area contributed by atoms with E-state index < -0.39 is 0 Å². The van der Waals surface area contributed by atoms with E-state index in [-0.39, 0.29) is 12.2 Å². The van der Waals surface area contributed by atoms with Gasteiger partial charge in [0.1, 0.15) is 29.5 Å². The van der Waals surface area contributed by atoms with Gasteiger partial charge in [0, 0.05) is 32.9 Å². The Bertz CT molecular complexity index is 418. The van der Waals surface area contributed by atoms with Crippen LogP contribution in [0.25, 0.3) is 0 Å². The first kappa shape index (κ1) is 14.5. The molecule has 2 unspecified atom stereocenters. The van der Waals surface area contributed by atoms with Gasteiger partial charge < -0.3 is 14.4 Å². The van der Waals surface area contributed by atoms with Gasteiger partial charge in [0.05, 0.1) is 0 Å². The summed E-state index contributed by atoms with van der Waals surface area (Å²) in [5.41, 5.74) is 1.01. The van der Waals surface area contributed by atoms with Crippen LogP contribution >= 0.6 is 11.6 Å². The van der Waals surface area contributed by atoms with Crippen molar-refractivity contribution in [3.63, 3.8) is 0 Å². The molecule has 0 aromatic carbocycles. The minimum absolute atomic E-state index is 0.0632. The number of anilines is 1. The number of halogens is 1. The Balaban J connectivity index is 2.25. The highest BCUT2D eigenvalue weighted by Gasteiger charge is 2.34. The van der Waals surface area contributed by atoms with Gasteiger partial charge in [-0.05, 0) is 6.42 Å². The lowest BCUT2D eigenvalue weighted by Gasteiger charge is -2.20. The Hall–Kier alpha value is -0.910. The van der Waals surface area contributed by atoms with E-state index in [9.17, 15) is 0 Å². The SMILES string of the molecule is CCCc1c(Cl)ncnc1N1CC(OC)C(OC)C1. The van der Waals surface area contributed by atoms with E-state index in [1.54, 1.807) is 14.2 Å². The Morgan fingerprint density at radius 2 is 1.89 bits per heavy atom. The highest BCUT2D eigenvalue weighted by atomic mass is 35.5. The van der Waals surface area contributed by atoms with E-state index in [1.807, 2.05) is 0 Å². The molecule has 1 aromatic rings. The standard InChI is InChI=1S/C13H20ClN3O2/c1-4-5-9-12(14)15-8-16-13(9)17-6-10(18-2)11(7-17)19-3/h8,10-11H,4-7H2,1-3H3. The van der Waals surface area contributed by atoms with Crippen LogP contribution in [0.1, 0.15) is 18.9 Å². The van der Waals surface area contributed by atoms with Crippen molar-refractivity contribution in [1.29, 1.82) is 0 Å². The summed E-state index contributed by atoms with van der Waals surface area (Å²) in [5, 5.41) is 0.543. The van der Waals surface area contributed by atoms with E-state index in [2.05, 4.69) is 21.8 Å². The molecule has 6 heteroatoms. The summed E-state index contributed by atoms with van der Waals surface area (Å²) in [6.07, 6.45) is 3.52. The zero-order valence-electron chi connectivity index (χ0n) is 11.6. The lowest BCUT2D eigenvalue weighted by Crippen LogP contribution is -2.27. The molecule has 2 atom stereocenters. The quantitative estimate of drug-likeness (QED) is 0.774. The summed E-state index contributed by atoms with van der Waals surface area (Å²) in [6.45, 7) is 3.64. The molecule has 5 nitrogen and oxygen atoms in total. The zero-order chi connectivity index (χ0) is 13.8. The zero-order valence-corrected chi connectivity index (χ0v) is 12.4. The van der Waals surface area contributed by atoms with Crippen LogP contribution in [0.2, 0.25) is 5.15 Å². The Morgan fingerprint density at radius 3 is 2.42 bits per heavy atom. The molecule has 1 aromatic heterocycles. The van der Waals surface area contributed by atoms with E-state index in [0.29, 0.717) is 5.15 Å². The minimum Gasteiger partial charge on any atom is -0.377 e. The molecule has 0 radical (unpaired) electrons. The minimum atomic E-state index is 0.0632. The van der Waals surface area contributed by atoms with Gasteiger partial charge in [-0.2, -0.15) is 0 Å². The Kier molecular flexibility index (Phi) is 4.96. The van der Waals surface area contributed by atoms with E-state index in [4.69, 9.17) is 21.1 Å². The van der Waals surface area contributed by atoms with Crippen molar-refractivity contribution in [1.82, 2.24) is 9.97 Å². The van der Waals surface area contributed by atoms with Crippen molar-refractivity contribution in [2.45, 2.75) is 32.0 Å². The topological polar surface area (TPSA) is 47.5 Å². The second-order valence-electron chi connectivity index (χ2n) is 4.67. The first-order chi connectivity index (χ1) is 9.21. The number of hydrogen-bond donors (Lipinski definition) is 0. The maximum atomic E-state index is 6.19. The molecule has 0 aliphatic carbocycles. The van der Waals surface area contributed by atoms with Gasteiger partial charge in [0.15, 0.2) is 0 Å². The molecule has 1 aliphatic rings. The first-order valence-electron chi connectivity index (χ1n) is 6.51. The summed E-state index contributed by atoms with van der Waals surface area (Å²) >= 11 is 6.19.